The molecular formula is C17H18N6O2. The molecule has 25 heavy (non-hydrogen) atoms. The van der Waals surface area contributed by atoms with Crippen LogP contribution in [0.2, 0.25) is 0 Å². The highest BCUT2D eigenvalue weighted by molar-refractivity contribution is 5.76. The van der Waals surface area contributed by atoms with Gasteiger partial charge in [-0.05, 0) is 28.1 Å². The molecule has 0 fully saturated rings. The number of methoxy groups -OCH3 is 1. The average molecular weight is 338 g/mol. The maximum atomic E-state index is 12.8. The van der Waals surface area contributed by atoms with E-state index in [1.807, 2.05) is 36.4 Å². The van der Waals surface area contributed by atoms with Gasteiger partial charge in [-0.3, -0.25) is 9.78 Å². The second-order valence-corrected chi connectivity index (χ2v) is 5.43. The van der Waals surface area contributed by atoms with Gasteiger partial charge in [-0.25, -0.2) is 4.68 Å². The van der Waals surface area contributed by atoms with Crippen molar-refractivity contribution in [2.24, 2.45) is 0 Å². The first-order chi connectivity index (χ1) is 12.3. The number of tetrazole rings is 1. The molecule has 8 nitrogen and oxygen atoms in total. The minimum atomic E-state index is -0.0953. The van der Waals surface area contributed by atoms with Crippen LogP contribution < -0.4 is 4.74 Å². The van der Waals surface area contributed by atoms with Crippen LogP contribution in [-0.4, -0.2) is 43.1 Å². The Labute approximate surface area is 145 Å². The summed E-state index contributed by atoms with van der Waals surface area (Å²) in [5, 5.41) is 10.9. The monoisotopic (exact) mass is 338 g/mol. The van der Waals surface area contributed by atoms with Crippen molar-refractivity contribution in [2.45, 2.75) is 19.6 Å². The Morgan fingerprint density at radius 3 is 2.80 bits per heavy atom. The Morgan fingerprint density at radius 1 is 1.20 bits per heavy atom. The molecule has 0 N–H and O–H groups in total. The number of carbonyl (C=O) groups excluding carboxylic acids is 1. The first-order valence-electron chi connectivity index (χ1n) is 7.75. The van der Waals surface area contributed by atoms with Crippen molar-refractivity contribution in [1.82, 2.24) is 30.1 Å². The summed E-state index contributed by atoms with van der Waals surface area (Å²) < 4.78 is 6.80. The molecular weight excluding hydrogens is 320 g/mol. The molecule has 0 spiro atoms. The largest absolute Gasteiger partial charge is 0.496 e. The highest BCUT2D eigenvalue weighted by Crippen LogP contribution is 2.20. The minimum absolute atomic E-state index is 0.0718. The van der Waals surface area contributed by atoms with E-state index < -0.39 is 0 Å². The Bertz CT molecular complexity index is 807. The molecule has 0 aliphatic heterocycles. The molecule has 128 valence electrons. The van der Waals surface area contributed by atoms with Gasteiger partial charge < -0.3 is 9.64 Å². The zero-order chi connectivity index (χ0) is 17.5. The Balaban J connectivity index is 1.81. The van der Waals surface area contributed by atoms with E-state index in [1.54, 1.807) is 24.4 Å². The van der Waals surface area contributed by atoms with E-state index >= 15 is 0 Å². The van der Waals surface area contributed by atoms with Crippen LogP contribution in [0.25, 0.3) is 0 Å². The molecule has 0 saturated heterocycles. The van der Waals surface area contributed by atoms with Crippen LogP contribution >= 0.6 is 0 Å². The van der Waals surface area contributed by atoms with Crippen molar-refractivity contribution in [3.8, 4) is 5.75 Å². The van der Waals surface area contributed by atoms with E-state index in [-0.39, 0.29) is 12.5 Å². The summed E-state index contributed by atoms with van der Waals surface area (Å²) in [5.74, 6) is 0.649. The topological polar surface area (TPSA) is 86.0 Å². The summed E-state index contributed by atoms with van der Waals surface area (Å²) in [4.78, 5) is 18.6. The second kappa shape index (κ2) is 8.00. The second-order valence-electron chi connectivity index (χ2n) is 5.43. The molecule has 8 heteroatoms. The summed E-state index contributed by atoms with van der Waals surface area (Å²) in [6.45, 7) is 0.926. The quantitative estimate of drug-likeness (QED) is 0.645. The number of rotatable bonds is 7. The molecule has 3 rings (SSSR count). The van der Waals surface area contributed by atoms with Gasteiger partial charge in [0.15, 0.2) is 0 Å². The van der Waals surface area contributed by atoms with Gasteiger partial charge in [-0.15, -0.1) is 5.10 Å². The van der Waals surface area contributed by atoms with Gasteiger partial charge in [0.25, 0.3) is 0 Å². The van der Waals surface area contributed by atoms with Crippen molar-refractivity contribution >= 4 is 5.91 Å². The summed E-state index contributed by atoms with van der Waals surface area (Å²) in [5.41, 5.74) is 1.88. The number of para-hydroxylation sites is 1. The van der Waals surface area contributed by atoms with Gasteiger partial charge in [0.2, 0.25) is 5.91 Å². The number of carbonyl (C=O) groups is 1. The number of nitrogens with zero attached hydrogens (tertiary/aromatic N) is 6. The third-order valence-corrected chi connectivity index (χ3v) is 3.69. The molecule has 2 aromatic heterocycles. The van der Waals surface area contributed by atoms with Gasteiger partial charge in [0, 0.05) is 31.0 Å². The fraction of sp³-hybridized carbons (Fsp3) is 0.235. The van der Waals surface area contributed by atoms with E-state index in [2.05, 4.69) is 20.5 Å². The number of amides is 1. The van der Waals surface area contributed by atoms with Gasteiger partial charge in [0.1, 0.15) is 18.6 Å². The van der Waals surface area contributed by atoms with Crippen LogP contribution in [0.1, 0.15) is 11.1 Å². The molecule has 0 unspecified atom stereocenters. The van der Waals surface area contributed by atoms with Gasteiger partial charge in [0.05, 0.1) is 7.11 Å². The highest BCUT2D eigenvalue weighted by atomic mass is 16.5. The van der Waals surface area contributed by atoms with Crippen LogP contribution in [0.15, 0.2) is 55.1 Å². The zero-order valence-corrected chi connectivity index (χ0v) is 13.8. The predicted octanol–water partition coefficient (Wildman–Crippen LogP) is 1.31. The SMILES string of the molecule is COc1ccccc1CN(Cc1cccnc1)C(=O)Cn1cnnn1. The average Bonchev–Trinajstić information content (AvgIpc) is 3.15. The zero-order valence-electron chi connectivity index (χ0n) is 13.8. The molecule has 3 aromatic rings. The summed E-state index contributed by atoms with van der Waals surface area (Å²) in [6.07, 6.45) is 4.87. The van der Waals surface area contributed by atoms with Gasteiger partial charge in [-0.1, -0.05) is 24.3 Å². The van der Waals surface area contributed by atoms with Crippen LogP contribution in [0.5, 0.6) is 5.75 Å². The van der Waals surface area contributed by atoms with E-state index in [0.29, 0.717) is 13.1 Å². The maximum Gasteiger partial charge on any atom is 0.245 e. The van der Waals surface area contributed by atoms with Crippen LogP contribution in [-0.2, 0) is 24.4 Å². The fourth-order valence-corrected chi connectivity index (χ4v) is 2.47. The fourth-order valence-electron chi connectivity index (χ4n) is 2.47. The molecule has 0 bridgehead atoms. The number of ether oxygens (including phenoxy) is 1. The lowest BCUT2D eigenvalue weighted by Gasteiger charge is -2.23. The van der Waals surface area contributed by atoms with E-state index in [1.165, 1.54) is 11.0 Å². The lowest BCUT2D eigenvalue weighted by atomic mass is 10.1. The summed E-state index contributed by atoms with van der Waals surface area (Å²) in [7, 11) is 1.62. The molecule has 1 aromatic carbocycles. The third-order valence-electron chi connectivity index (χ3n) is 3.69. The number of benzene rings is 1. The van der Waals surface area contributed by atoms with Crippen molar-refractivity contribution in [1.29, 1.82) is 0 Å². The smallest absolute Gasteiger partial charge is 0.245 e. The van der Waals surface area contributed by atoms with Gasteiger partial charge in [-0.2, -0.15) is 0 Å². The molecule has 0 radical (unpaired) electrons. The number of hydrogen-bond donors (Lipinski definition) is 0. The summed E-state index contributed by atoms with van der Waals surface area (Å²) >= 11 is 0. The lowest BCUT2D eigenvalue weighted by molar-refractivity contribution is -0.133. The van der Waals surface area contributed by atoms with Crippen molar-refractivity contribution in [2.75, 3.05) is 7.11 Å². The molecule has 2 heterocycles. The van der Waals surface area contributed by atoms with Crippen LogP contribution in [0.3, 0.4) is 0 Å². The minimum Gasteiger partial charge on any atom is -0.496 e. The lowest BCUT2D eigenvalue weighted by Crippen LogP contribution is -2.33. The van der Waals surface area contributed by atoms with Gasteiger partial charge >= 0.3 is 0 Å². The van der Waals surface area contributed by atoms with E-state index in [9.17, 15) is 4.79 Å². The molecule has 0 aliphatic carbocycles. The molecule has 1 amide bonds. The third kappa shape index (κ3) is 4.37. The predicted molar refractivity (Wildman–Crippen MR) is 89.3 cm³/mol. The molecule has 0 atom stereocenters. The first kappa shape index (κ1) is 16.6. The van der Waals surface area contributed by atoms with Crippen LogP contribution in [0.4, 0.5) is 0 Å². The molecule has 0 aliphatic rings. The number of pyridine rings is 1. The Hall–Kier alpha value is -3.29. The van der Waals surface area contributed by atoms with Crippen molar-refractivity contribution in [3.05, 3.63) is 66.2 Å². The molecule has 0 saturated carbocycles. The Kier molecular flexibility index (Phi) is 5.30. The normalized spacial score (nSPS) is 10.4. The standard InChI is InChI=1S/C17H18N6O2/c1-25-16-7-3-2-6-15(16)11-22(10-14-5-4-8-18-9-14)17(24)12-23-13-19-20-21-23/h2-9,13H,10-12H2,1H3. The first-order valence-corrected chi connectivity index (χ1v) is 7.75. The number of hydrogen-bond acceptors (Lipinski definition) is 6. The van der Waals surface area contributed by atoms with E-state index in [0.717, 1.165) is 16.9 Å². The van der Waals surface area contributed by atoms with Crippen LogP contribution in [0, 0.1) is 0 Å². The highest BCUT2D eigenvalue weighted by Gasteiger charge is 2.17. The summed E-state index contributed by atoms with van der Waals surface area (Å²) in [6, 6.07) is 11.4. The number of aromatic nitrogens is 5. The van der Waals surface area contributed by atoms with Crippen molar-refractivity contribution < 1.29 is 9.53 Å². The van der Waals surface area contributed by atoms with E-state index in [4.69, 9.17) is 4.74 Å². The van der Waals surface area contributed by atoms with Crippen molar-refractivity contribution in [3.63, 3.8) is 0 Å². The maximum absolute atomic E-state index is 12.8. The Morgan fingerprint density at radius 2 is 2.08 bits per heavy atom.